The number of carboxylic acids is 2. The summed E-state index contributed by atoms with van der Waals surface area (Å²) in [6, 6.07) is -3.11. The van der Waals surface area contributed by atoms with Gasteiger partial charge in [0.15, 0.2) is 0 Å². The van der Waals surface area contributed by atoms with Gasteiger partial charge in [-0.3, -0.25) is 43.2 Å². The van der Waals surface area contributed by atoms with E-state index in [2.05, 4.69) is 37.2 Å². The van der Waals surface area contributed by atoms with Crippen LogP contribution in [-0.4, -0.2) is 136 Å². The van der Waals surface area contributed by atoms with E-state index < -0.39 is 145 Å². The van der Waals surface area contributed by atoms with Crippen molar-refractivity contribution in [2.24, 2.45) is 35.0 Å². The molecule has 0 saturated heterocycles. The van der Waals surface area contributed by atoms with Crippen molar-refractivity contribution in [3.63, 3.8) is 0 Å². The number of nitrogens with two attached hydrogens (primary N) is 3. The Morgan fingerprint density at radius 1 is 0.588 bits per heavy atom. The number of rotatable bonds is 33. The summed E-state index contributed by atoms with van der Waals surface area (Å²) in [4.78, 5) is 132. The van der Waals surface area contributed by atoms with Gasteiger partial charge in [0, 0.05) is 12.8 Å². The number of carbonyl (C=O) groups excluding carboxylic acids is 8. The molecule has 382 valence electrons. The smallest absolute Gasteiger partial charge is 0.326 e. The fourth-order valence-electron chi connectivity index (χ4n) is 6.80. The van der Waals surface area contributed by atoms with Crippen LogP contribution in [0.3, 0.4) is 0 Å². The molecule has 0 aliphatic heterocycles. The normalized spacial score (nSPS) is 15.6. The van der Waals surface area contributed by atoms with Crippen LogP contribution in [0.4, 0.5) is 0 Å². The van der Waals surface area contributed by atoms with Crippen LogP contribution in [0.25, 0.3) is 0 Å². The highest BCUT2D eigenvalue weighted by Crippen LogP contribution is 2.14. The third kappa shape index (κ3) is 21.6. The maximum Gasteiger partial charge on any atom is 0.326 e. The van der Waals surface area contributed by atoms with Gasteiger partial charge in [-0.15, -0.1) is 0 Å². The Balaban J connectivity index is 3.60. The van der Waals surface area contributed by atoms with Crippen LogP contribution in [0.5, 0.6) is 0 Å². The number of aliphatic hydroxyl groups is 1. The number of nitrogens with one attached hydrogen (secondary N) is 7. The molecule has 1 aromatic rings. The molecule has 0 aliphatic rings. The van der Waals surface area contributed by atoms with Crippen LogP contribution in [0.1, 0.15) is 105 Å². The lowest BCUT2D eigenvalue weighted by atomic mass is 9.94. The highest BCUT2D eigenvalue weighted by atomic mass is 16.4. The van der Waals surface area contributed by atoms with Crippen molar-refractivity contribution in [1.82, 2.24) is 37.2 Å². The van der Waals surface area contributed by atoms with Crippen LogP contribution >= 0.6 is 0 Å². The number of aliphatic hydroxyl groups excluding tert-OH is 1. The first-order valence-electron chi connectivity index (χ1n) is 23.0. The Labute approximate surface area is 397 Å². The summed E-state index contributed by atoms with van der Waals surface area (Å²) >= 11 is 0. The fraction of sp³-hybridized carbons (Fsp3) is 0.644. The van der Waals surface area contributed by atoms with Gasteiger partial charge in [-0.25, -0.2) is 4.79 Å². The van der Waals surface area contributed by atoms with Gasteiger partial charge in [-0.1, -0.05) is 84.7 Å². The predicted octanol–water partition coefficient (Wildman–Crippen LogP) is -1.97. The second-order valence-corrected chi connectivity index (χ2v) is 17.4. The molecule has 16 N–H and O–H groups in total. The van der Waals surface area contributed by atoms with E-state index in [1.165, 1.54) is 0 Å². The largest absolute Gasteiger partial charge is 0.481 e. The molecule has 68 heavy (non-hydrogen) atoms. The zero-order valence-corrected chi connectivity index (χ0v) is 39.9. The van der Waals surface area contributed by atoms with Crippen molar-refractivity contribution in [3.05, 3.63) is 35.9 Å². The standard InChI is InChI=1S/C45H74N10O13/c1-7-25(5)36(55-44(66)37(26(6)8-2)54-38(60)28(47)23-56)43(65)52-32(22-34(48)57)42(64)51-31(21-27-14-10-9-11-15-27)41(63)50-30(17-18-35(58)59)40(62)49-29(16-12-13-19-46)39(61)53-33(45(67)68)20-24(3)4/h9-11,14-15,24-26,28-33,36-37,56H,7-8,12-13,16-23,46-47H2,1-6H3,(H2,48,57)(H,49,62)(H,50,63)(H,51,64)(H,52,65)(H,53,61)(H,54,60)(H,55,66)(H,58,59)(H,67,68). The van der Waals surface area contributed by atoms with Gasteiger partial charge in [0.1, 0.15) is 48.3 Å². The van der Waals surface area contributed by atoms with Crippen molar-refractivity contribution in [1.29, 1.82) is 0 Å². The average molecular weight is 963 g/mol. The van der Waals surface area contributed by atoms with Crippen molar-refractivity contribution < 1.29 is 63.3 Å². The molecule has 23 heteroatoms. The van der Waals surface area contributed by atoms with E-state index >= 15 is 0 Å². The molecule has 0 aliphatic carbocycles. The zero-order valence-electron chi connectivity index (χ0n) is 39.9. The lowest BCUT2D eigenvalue weighted by Crippen LogP contribution is -2.62. The molecular weight excluding hydrogens is 889 g/mol. The van der Waals surface area contributed by atoms with Crippen LogP contribution in [0.2, 0.25) is 0 Å². The third-order valence-corrected chi connectivity index (χ3v) is 11.3. The summed E-state index contributed by atoms with van der Waals surface area (Å²) in [5, 5.41) is 46.2. The van der Waals surface area contributed by atoms with Gasteiger partial charge >= 0.3 is 11.9 Å². The number of hydrogen-bond acceptors (Lipinski definition) is 13. The lowest BCUT2D eigenvalue weighted by Gasteiger charge is -2.30. The highest BCUT2D eigenvalue weighted by Gasteiger charge is 2.37. The minimum Gasteiger partial charge on any atom is -0.481 e. The van der Waals surface area contributed by atoms with Crippen molar-refractivity contribution >= 4 is 59.2 Å². The summed E-state index contributed by atoms with van der Waals surface area (Å²) in [6.45, 7) is 9.90. The summed E-state index contributed by atoms with van der Waals surface area (Å²) in [7, 11) is 0. The van der Waals surface area contributed by atoms with E-state index in [9.17, 15) is 63.3 Å². The van der Waals surface area contributed by atoms with E-state index in [0.717, 1.165) is 0 Å². The summed E-state index contributed by atoms with van der Waals surface area (Å²) < 4.78 is 0. The van der Waals surface area contributed by atoms with Crippen molar-refractivity contribution in [2.75, 3.05) is 13.2 Å². The number of primary amides is 1. The third-order valence-electron chi connectivity index (χ3n) is 11.3. The SMILES string of the molecule is CCC(C)C(NC(=O)C(N)CO)C(=O)NC(C(=O)NC(CC(N)=O)C(=O)NC(Cc1ccccc1)C(=O)NC(CCC(=O)O)C(=O)NC(CCCCN)C(=O)NC(CC(C)C)C(=O)O)C(C)CC. The lowest BCUT2D eigenvalue weighted by molar-refractivity contribution is -0.143. The molecule has 1 rings (SSSR count). The summed E-state index contributed by atoms with van der Waals surface area (Å²) in [5.74, 6) is -11.2. The first-order valence-corrected chi connectivity index (χ1v) is 23.0. The maximum atomic E-state index is 14.2. The number of hydrogen-bond donors (Lipinski definition) is 13. The molecule has 0 spiro atoms. The number of benzene rings is 1. The Morgan fingerprint density at radius 3 is 1.51 bits per heavy atom. The van der Waals surface area contributed by atoms with E-state index in [-0.39, 0.29) is 31.7 Å². The summed E-state index contributed by atoms with van der Waals surface area (Å²) in [5.41, 5.74) is 17.3. The van der Waals surface area contributed by atoms with Gasteiger partial charge in [0.05, 0.1) is 13.0 Å². The molecule has 8 amide bonds. The second kappa shape index (κ2) is 31.0. The van der Waals surface area contributed by atoms with Gasteiger partial charge < -0.3 is 69.7 Å². The maximum absolute atomic E-state index is 14.2. The van der Waals surface area contributed by atoms with Crippen LogP contribution in [-0.2, 0) is 54.4 Å². The Bertz CT molecular complexity index is 1850. The molecule has 0 saturated carbocycles. The van der Waals surface area contributed by atoms with Crippen LogP contribution < -0.4 is 54.4 Å². The minimum absolute atomic E-state index is 0.0119. The number of aliphatic carboxylic acids is 2. The Kier molecular flexibility index (Phi) is 27.2. The molecule has 0 radical (unpaired) electrons. The predicted molar refractivity (Wildman–Crippen MR) is 248 cm³/mol. The Morgan fingerprint density at radius 2 is 1.04 bits per heavy atom. The van der Waals surface area contributed by atoms with Crippen LogP contribution in [0, 0.1) is 17.8 Å². The molecule has 10 atom stereocenters. The van der Waals surface area contributed by atoms with E-state index in [4.69, 9.17) is 17.2 Å². The van der Waals surface area contributed by atoms with Gasteiger partial charge in [0.2, 0.25) is 47.3 Å². The average Bonchev–Trinajstić information content (AvgIpc) is 3.28. The molecule has 1 aromatic carbocycles. The second-order valence-electron chi connectivity index (χ2n) is 17.4. The van der Waals surface area contributed by atoms with Crippen molar-refractivity contribution in [2.45, 2.75) is 154 Å². The van der Waals surface area contributed by atoms with E-state index in [1.807, 2.05) is 0 Å². The minimum atomic E-state index is -1.73. The zero-order chi connectivity index (χ0) is 51.7. The first kappa shape index (κ1) is 59.8. The highest BCUT2D eigenvalue weighted by molar-refractivity contribution is 5.99. The number of amides is 8. The van der Waals surface area contributed by atoms with E-state index in [1.54, 1.807) is 71.9 Å². The molecule has 0 bridgehead atoms. The number of carbonyl (C=O) groups is 10. The quantitative estimate of drug-likeness (QED) is 0.0340. The molecule has 0 heterocycles. The molecule has 10 unspecified atom stereocenters. The Hall–Kier alpha value is -6.20. The number of unbranched alkanes of at least 4 members (excludes halogenated alkanes) is 1. The summed E-state index contributed by atoms with van der Waals surface area (Å²) in [6.07, 6.45) is -0.510. The number of carboxylic acid groups (broad SMARTS) is 2. The van der Waals surface area contributed by atoms with Gasteiger partial charge in [-0.2, -0.15) is 0 Å². The monoisotopic (exact) mass is 963 g/mol. The molecule has 0 aromatic heterocycles. The van der Waals surface area contributed by atoms with E-state index in [0.29, 0.717) is 31.2 Å². The molecular formula is C45H74N10O13. The fourth-order valence-corrected chi connectivity index (χ4v) is 6.80. The first-order chi connectivity index (χ1) is 32.0. The topological polar surface area (TPSA) is 394 Å². The molecule has 23 nitrogen and oxygen atoms in total. The van der Waals surface area contributed by atoms with Crippen molar-refractivity contribution in [3.8, 4) is 0 Å². The van der Waals surface area contributed by atoms with Gasteiger partial charge in [0.25, 0.3) is 0 Å². The molecule has 0 fully saturated rings. The van der Waals surface area contributed by atoms with Crippen LogP contribution in [0.15, 0.2) is 30.3 Å². The van der Waals surface area contributed by atoms with Gasteiger partial charge in [-0.05, 0) is 62.0 Å².